The molecule has 0 aliphatic rings. The first kappa shape index (κ1) is 19.9. The summed E-state index contributed by atoms with van der Waals surface area (Å²) in [6, 6.07) is 13.8. The number of amides is 2. The van der Waals surface area contributed by atoms with Gasteiger partial charge in [-0.05, 0) is 49.0 Å². The van der Waals surface area contributed by atoms with Gasteiger partial charge in [-0.15, -0.1) is 0 Å². The molecule has 0 saturated carbocycles. The Kier molecular flexibility index (Phi) is 7.55. The van der Waals surface area contributed by atoms with Crippen LogP contribution in [0.5, 0.6) is 5.75 Å². The summed E-state index contributed by atoms with van der Waals surface area (Å²) in [5, 5.41) is 2.49. The number of ether oxygens (including phenoxy) is 1. The van der Waals surface area contributed by atoms with Crippen molar-refractivity contribution in [2.45, 2.75) is 13.3 Å². The first-order valence-electron chi connectivity index (χ1n) is 7.90. The van der Waals surface area contributed by atoms with Crippen LogP contribution in [-0.4, -0.2) is 23.5 Å². The van der Waals surface area contributed by atoms with Crippen LogP contribution in [0.15, 0.2) is 53.0 Å². The van der Waals surface area contributed by atoms with Crippen LogP contribution in [0.25, 0.3) is 0 Å². The molecule has 3 N–H and O–H groups in total. The maximum absolute atomic E-state index is 12.5. The fourth-order valence-corrected chi connectivity index (χ4v) is 2.50. The number of thiocarbonyl (C=S) groups is 1. The highest BCUT2D eigenvalue weighted by atomic mass is 79.9. The van der Waals surface area contributed by atoms with E-state index in [9.17, 15) is 9.59 Å². The van der Waals surface area contributed by atoms with E-state index in [1.54, 1.807) is 42.5 Å². The molecule has 0 bridgehead atoms. The van der Waals surface area contributed by atoms with E-state index >= 15 is 0 Å². The van der Waals surface area contributed by atoms with Gasteiger partial charge in [0, 0.05) is 10.0 Å². The molecule has 2 rings (SSSR count). The van der Waals surface area contributed by atoms with Gasteiger partial charge in [0.25, 0.3) is 11.8 Å². The zero-order chi connectivity index (χ0) is 18.9. The molecule has 26 heavy (non-hydrogen) atoms. The van der Waals surface area contributed by atoms with Gasteiger partial charge in [0.2, 0.25) is 0 Å². The van der Waals surface area contributed by atoms with E-state index in [0.717, 1.165) is 10.9 Å². The third-order valence-corrected chi connectivity index (χ3v) is 3.90. The molecule has 0 aromatic heterocycles. The molecule has 0 radical (unpaired) electrons. The lowest BCUT2D eigenvalue weighted by atomic mass is 10.2. The summed E-state index contributed by atoms with van der Waals surface area (Å²) >= 11 is 8.39. The summed E-state index contributed by atoms with van der Waals surface area (Å²) in [6.45, 7) is 2.48. The van der Waals surface area contributed by atoms with Crippen molar-refractivity contribution >= 4 is 45.1 Å². The third-order valence-electron chi connectivity index (χ3n) is 3.20. The first-order valence-corrected chi connectivity index (χ1v) is 9.10. The predicted octanol–water partition coefficient (Wildman–Crippen LogP) is 3.19. The second-order valence-electron chi connectivity index (χ2n) is 5.22. The van der Waals surface area contributed by atoms with E-state index in [2.05, 4.69) is 32.1 Å². The monoisotopic (exact) mass is 435 g/mol. The second kappa shape index (κ2) is 9.88. The van der Waals surface area contributed by atoms with Gasteiger partial charge in [0.15, 0.2) is 5.11 Å². The maximum Gasteiger partial charge on any atom is 0.269 e. The van der Waals surface area contributed by atoms with Crippen LogP contribution in [0.4, 0.5) is 0 Å². The molecule has 0 saturated heterocycles. The maximum atomic E-state index is 12.5. The van der Waals surface area contributed by atoms with Crippen molar-refractivity contribution in [1.82, 2.24) is 16.2 Å². The molecule has 0 aliphatic carbocycles. The van der Waals surface area contributed by atoms with Crippen molar-refractivity contribution in [1.29, 1.82) is 0 Å². The molecule has 8 heteroatoms. The van der Waals surface area contributed by atoms with Crippen LogP contribution in [0.1, 0.15) is 34.1 Å². The van der Waals surface area contributed by atoms with E-state index < -0.39 is 5.91 Å². The zero-order valence-corrected chi connectivity index (χ0v) is 16.4. The van der Waals surface area contributed by atoms with Gasteiger partial charge in [0.1, 0.15) is 5.75 Å². The van der Waals surface area contributed by atoms with Gasteiger partial charge in [-0.2, -0.15) is 0 Å². The average Bonchev–Trinajstić information content (AvgIpc) is 2.65. The number of halogens is 1. The number of benzene rings is 2. The predicted molar refractivity (Wildman–Crippen MR) is 107 cm³/mol. The van der Waals surface area contributed by atoms with Crippen molar-refractivity contribution in [2.75, 3.05) is 6.61 Å². The first-order chi connectivity index (χ1) is 12.5. The number of hydrogen-bond donors (Lipinski definition) is 3. The van der Waals surface area contributed by atoms with E-state index in [-0.39, 0.29) is 11.0 Å². The molecule has 0 heterocycles. The fourth-order valence-electron chi connectivity index (χ4n) is 1.99. The quantitative estimate of drug-likeness (QED) is 0.496. The van der Waals surface area contributed by atoms with Crippen LogP contribution < -0.4 is 20.9 Å². The standard InChI is InChI=1S/C18H18BrN3O3S/c1-2-10-25-15-9-8-13(19)11-14(15)17(24)20-18(26)22-21-16(23)12-6-4-3-5-7-12/h3-9,11H,2,10H2,1H3,(H,21,23)(H2,20,22,24,26). The molecular formula is C18H18BrN3O3S. The van der Waals surface area contributed by atoms with E-state index in [0.29, 0.717) is 23.5 Å². The summed E-state index contributed by atoms with van der Waals surface area (Å²) in [5.74, 6) is -0.343. The van der Waals surface area contributed by atoms with Gasteiger partial charge in [-0.1, -0.05) is 41.1 Å². The highest BCUT2D eigenvalue weighted by Crippen LogP contribution is 2.23. The van der Waals surface area contributed by atoms with Crippen molar-refractivity contribution < 1.29 is 14.3 Å². The normalized spacial score (nSPS) is 9.92. The number of carbonyl (C=O) groups is 2. The highest BCUT2D eigenvalue weighted by Gasteiger charge is 2.15. The van der Waals surface area contributed by atoms with E-state index in [1.807, 2.05) is 13.0 Å². The summed E-state index contributed by atoms with van der Waals surface area (Å²) < 4.78 is 6.32. The Labute approximate surface area is 165 Å². The Morgan fingerprint density at radius 3 is 2.50 bits per heavy atom. The Morgan fingerprint density at radius 1 is 1.08 bits per heavy atom. The van der Waals surface area contributed by atoms with Crippen molar-refractivity contribution in [2.24, 2.45) is 0 Å². The molecule has 0 spiro atoms. The molecule has 0 unspecified atom stereocenters. The average molecular weight is 436 g/mol. The van der Waals surface area contributed by atoms with Crippen molar-refractivity contribution in [3.05, 3.63) is 64.1 Å². The number of rotatable bonds is 5. The molecule has 136 valence electrons. The molecule has 0 atom stereocenters. The summed E-state index contributed by atoms with van der Waals surface area (Å²) in [7, 11) is 0. The van der Waals surface area contributed by atoms with Gasteiger partial charge in [0.05, 0.1) is 12.2 Å². The van der Waals surface area contributed by atoms with Gasteiger partial charge >= 0.3 is 0 Å². The van der Waals surface area contributed by atoms with Crippen LogP contribution in [0.2, 0.25) is 0 Å². The molecule has 2 aromatic rings. The van der Waals surface area contributed by atoms with E-state index in [4.69, 9.17) is 17.0 Å². The number of hydrogen-bond acceptors (Lipinski definition) is 4. The minimum atomic E-state index is -0.441. The van der Waals surface area contributed by atoms with Crippen molar-refractivity contribution in [3.8, 4) is 5.75 Å². The highest BCUT2D eigenvalue weighted by molar-refractivity contribution is 9.10. The molecule has 2 aromatic carbocycles. The molecule has 6 nitrogen and oxygen atoms in total. The number of nitrogens with one attached hydrogen (secondary N) is 3. The Balaban J connectivity index is 1.95. The molecular weight excluding hydrogens is 418 g/mol. The molecule has 0 aliphatic heterocycles. The lowest BCUT2D eigenvalue weighted by Crippen LogP contribution is -2.48. The van der Waals surface area contributed by atoms with Crippen LogP contribution in [-0.2, 0) is 0 Å². The summed E-state index contributed by atoms with van der Waals surface area (Å²) in [5.41, 5.74) is 5.74. The van der Waals surface area contributed by atoms with Crippen LogP contribution in [0.3, 0.4) is 0 Å². The second-order valence-corrected chi connectivity index (χ2v) is 6.54. The van der Waals surface area contributed by atoms with Crippen molar-refractivity contribution in [3.63, 3.8) is 0 Å². The topological polar surface area (TPSA) is 79.5 Å². The number of hydrazine groups is 1. The zero-order valence-electron chi connectivity index (χ0n) is 14.0. The minimum absolute atomic E-state index is 0.0271. The van der Waals surface area contributed by atoms with Gasteiger partial charge in [-0.3, -0.25) is 25.8 Å². The van der Waals surface area contributed by atoms with Gasteiger partial charge in [-0.25, -0.2) is 0 Å². The van der Waals surface area contributed by atoms with Crippen LogP contribution >= 0.6 is 28.1 Å². The Hall–Kier alpha value is -2.45. The summed E-state index contributed by atoms with van der Waals surface area (Å²) in [4.78, 5) is 24.4. The molecule has 2 amide bonds. The third kappa shape index (κ3) is 5.82. The van der Waals surface area contributed by atoms with Gasteiger partial charge < -0.3 is 4.74 Å². The lowest BCUT2D eigenvalue weighted by Gasteiger charge is -2.13. The lowest BCUT2D eigenvalue weighted by molar-refractivity contribution is 0.0933. The Morgan fingerprint density at radius 2 is 1.81 bits per heavy atom. The fraction of sp³-hybridized carbons (Fsp3) is 0.167. The Bertz CT molecular complexity index is 800. The smallest absolute Gasteiger partial charge is 0.269 e. The minimum Gasteiger partial charge on any atom is -0.493 e. The van der Waals surface area contributed by atoms with Crippen LogP contribution in [0, 0.1) is 0 Å². The summed E-state index contributed by atoms with van der Waals surface area (Å²) in [6.07, 6.45) is 0.822. The molecule has 0 fully saturated rings. The SMILES string of the molecule is CCCOc1ccc(Br)cc1C(=O)NC(=S)NNC(=O)c1ccccc1. The largest absolute Gasteiger partial charge is 0.493 e. The number of carbonyl (C=O) groups excluding carboxylic acids is 2. The van der Waals surface area contributed by atoms with E-state index in [1.165, 1.54) is 0 Å².